The third kappa shape index (κ3) is 2.61. The Bertz CT molecular complexity index is 601. The molecule has 22 heavy (non-hydrogen) atoms. The van der Waals surface area contributed by atoms with Crippen LogP contribution in [-0.4, -0.2) is 36.0 Å². The number of benzene rings is 1. The predicted molar refractivity (Wildman–Crippen MR) is 81.9 cm³/mol. The maximum atomic E-state index is 12.6. The van der Waals surface area contributed by atoms with E-state index in [-0.39, 0.29) is 29.9 Å². The van der Waals surface area contributed by atoms with Crippen LogP contribution in [0.15, 0.2) is 24.3 Å². The second-order valence-corrected chi connectivity index (χ2v) is 6.33. The van der Waals surface area contributed by atoms with Crippen LogP contribution in [0.5, 0.6) is 0 Å². The summed E-state index contributed by atoms with van der Waals surface area (Å²) in [5, 5.41) is 2.94. The molecule has 5 nitrogen and oxygen atoms in total. The number of carbonyl (C=O) groups excluding carboxylic acids is 2. The second kappa shape index (κ2) is 5.72. The minimum atomic E-state index is -0.592. The number of ether oxygens (including phenoxy) is 1. The quantitative estimate of drug-likeness (QED) is 0.903. The fourth-order valence-corrected chi connectivity index (χ4v) is 3.42. The molecule has 1 aromatic rings. The molecule has 3 rings (SSSR count). The van der Waals surface area contributed by atoms with E-state index in [4.69, 9.17) is 4.74 Å². The maximum absolute atomic E-state index is 12.6. The number of amides is 2. The van der Waals surface area contributed by atoms with Crippen LogP contribution in [-0.2, 0) is 20.9 Å². The first kappa shape index (κ1) is 15.0. The first-order valence-electron chi connectivity index (χ1n) is 7.76. The van der Waals surface area contributed by atoms with E-state index >= 15 is 0 Å². The number of fused-ring (bicyclic) bond motifs is 1. The number of likely N-dealkylation sites (N-methyl/N-ethyl adjacent to an activating group) is 1. The average Bonchev–Trinajstić information content (AvgIpc) is 2.82. The minimum absolute atomic E-state index is 0.0633. The fourth-order valence-electron chi connectivity index (χ4n) is 3.42. The molecule has 2 heterocycles. The van der Waals surface area contributed by atoms with Crippen LogP contribution in [0, 0.1) is 5.92 Å². The Morgan fingerprint density at radius 2 is 2.05 bits per heavy atom. The molecule has 1 aromatic carbocycles. The lowest BCUT2D eigenvalue weighted by atomic mass is 9.93. The predicted octanol–water partition coefficient (Wildman–Crippen LogP) is 1.63. The van der Waals surface area contributed by atoms with Crippen LogP contribution < -0.4 is 5.32 Å². The summed E-state index contributed by atoms with van der Waals surface area (Å²) in [7, 11) is 1.76. The van der Waals surface area contributed by atoms with E-state index in [9.17, 15) is 9.59 Å². The van der Waals surface area contributed by atoms with E-state index in [1.165, 1.54) is 0 Å². The van der Waals surface area contributed by atoms with Crippen molar-refractivity contribution in [3.8, 4) is 0 Å². The highest BCUT2D eigenvalue weighted by Gasteiger charge is 2.38. The fraction of sp³-hybridized carbons (Fsp3) is 0.529. The summed E-state index contributed by atoms with van der Waals surface area (Å²) in [4.78, 5) is 26.7. The Morgan fingerprint density at radius 1 is 1.32 bits per heavy atom. The smallest absolute Gasteiger partial charge is 0.249 e. The molecule has 1 N–H and O–H groups in total. The zero-order chi connectivity index (χ0) is 15.9. The molecule has 2 aliphatic heterocycles. The number of rotatable bonds is 2. The summed E-state index contributed by atoms with van der Waals surface area (Å²) in [6.45, 7) is 4.47. The van der Waals surface area contributed by atoms with E-state index in [2.05, 4.69) is 5.32 Å². The van der Waals surface area contributed by atoms with Gasteiger partial charge in [-0.1, -0.05) is 24.3 Å². The molecule has 1 fully saturated rings. The highest BCUT2D eigenvalue weighted by molar-refractivity contribution is 5.91. The van der Waals surface area contributed by atoms with Gasteiger partial charge in [-0.05, 0) is 31.4 Å². The molecular formula is C17H22N2O3. The van der Waals surface area contributed by atoms with Gasteiger partial charge in [-0.15, -0.1) is 0 Å². The van der Waals surface area contributed by atoms with Crippen molar-refractivity contribution in [1.29, 1.82) is 0 Å². The van der Waals surface area contributed by atoms with Gasteiger partial charge in [0.25, 0.3) is 0 Å². The van der Waals surface area contributed by atoms with Crippen molar-refractivity contribution in [2.45, 2.75) is 45.1 Å². The van der Waals surface area contributed by atoms with Gasteiger partial charge < -0.3 is 15.0 Å². The largest absolute Gasteiger partial charge is 0.375 e. The van der Waals surface area contributed by atoms with Crippen molar-refractivity contribution in [3.63, 3.8) is 0 Å². The highest BCUT2D eigenvalue weighted by atomic mass is 16.5. The lowest BCUT2D eigenvalue weighted by Crippen LogP contribution is -2.47. The summed E-state index contributed by atoms with van der Waals surface area (Å²) in [6.07, 6.45) is 0.676. The van der Waals surface area contributed by atoms with Crippen molar-refractivity contribution in [3.05, 3.63) is 35.4 Å². The van der Waals surface area contributed by atoms with Crippen LogP contribution in [0.2, 0.25) is 0 Å². The van der Waals surface area contributed by atoms with Crippen molar-refractivity contribution < 1.29 is 14.3 Å². The SMILES string of the molecule is CC1CC(C(=O)NC2C(=O)N(C)Cc3ccccc32)C(C)O1. The van der Waals surface area contributed by atoms with Crippen molar-refractivity contribution in [1.82, 2.24) is 10.2 Å². The molecule has 0 aromatic heterocycles. The Labute approximate surface area is 130 Å². The molecule has 4 unspecified atom stereocenters. The van der Waals surface area contributed by atoms with Crippen LogP contribution in [0.1, 0.15) is 37.4 Å². The molecule has 0 aliphatic carbocycles. The van der Waals surface area contributed by atoms with Crippen molar-refractivity contribution in [2.24, 2.45) is 5.92 Å². The van der Waals surface area contributed by atoms with E-state index in [1.807, 2.05) is 38.1 Å². The van der Waals surface area contributed by atoms with Crippen LogP contribution in [0.3, 0.4) is 0 Å². The van der Waals surface area contributed by atoms with Gasteiger partial charge in [0, 0.05) is 13.6 Å². The van der Waals surface area contributed by atoms with Gasteiger partial charge in [0.15, 0.2) is 0 Å². The van der Waals surface area contributed by atoms with Crippen LogP contribution in [0.4, 0.5) is 0 Å². The average molecular weight is 302 g/mol. The second-order valence-electron chi connectivity index (χ2n) is 6.33. The summed E-state index contributed by atoms with van der Waals surface area (Å²) in [6, 6.07) is 7.18. The lowest BCUT2D eigenvalue weighted by Gasteiger charge is -2.32. The van der Waals surface area contributed by atoms with Crippen molar-refractivity contribution >= 4 is 11.8 Å². The molecule has 5 heteroatoms. The zero-order valence-corrected chi connectivity index (χ0v) is 13.2. The summed E-state index contributed by atoms with van der Waals surface area (Å²) >= 11 is 0. The number of carbonyl (C=O) groups is 2. The van der Waals surface area contributed by atoms with Gasteiger partial charge in [0.2, 0.25) is 11.8 Å². The monoisotopic (exact) mass is 302 g/mol. The summed E-state index contributed by atoms with van der Waals surface area (Å²) < 4.78 is 5.65. The molecule has 0 spiro atoms. The molecule has 0 bridgehead atoms. The number of hydrogen-bond donors (Lipinski definition) is 1. The van der Waals surface area contributed by atoms with Crippen molar-refractivity contribution in [2.75, 3.05) is 7.05 Å². The normalized spacial score (nSPS) is 31.0. The van der Waals surface area contributed by atoms with E-state index in [0.29, 0.717) is 13.0 Å². The number of nitrogens with one attached hydrogen (secondary N) is 1. The topological polar surface area (TPSA) is 58.6 Å². The third-order valence-electron chi connectivity index (χ3n) is 4.62. The van der Waals surface area contributed by atoms with E-state index in [1.54, 1.807) is 11.9 Å². The Hall–Kier alpha value is -1.88. The number of hydrogen-bond acceptors (Lipinski definition) is 3. The lowest BCUT2D eigenvalue weighted by molar-refractivity contribution is -0.138. The molecule has 0 saturated carbocycles. The van der Waals surface area contributed by atoms with E-state index in [0.717, 1.165) is 11.1 Å². The third-order valence-corrected chi connectivity index (χ3v) is 4.62. The maximum Gasteiger partial charge on any atom is 0.249 e. The molecular weight excluding hydrogens is 280 g/mol. The molecule has 2 amide bonds. The molecule has 4 atom stereocenters. The minimum Gasteiger partial charge on any atom is -0.375 e. The Kier molecular flexibility index (Phi) is 3.91. The standard InChI is InChI=1S/C17H22N2O3/c1-10-8-14(11(2)22-10)16(20)18-15-13-7-5-4-6-12(13)9-19(3)17(15)21/h4-7,10-11,14-15H,8-9H2,1-3H3,(H,18,20). The van der Waals surface area contributed by atoms with Crippen LogP contribution in [0.25, 0.3) is 0 Å². The Balaban J connectivity index is 1.82. The van der Waals surface area contributed by atoms with Crippen LogP contribution >= 0.6 is 0 Å². The molecule has 0 radical (unpaired) electrons. The molecule has 1 saturated heterocycles. The molecule has 2 aliphatic rings. The first-order chi connectivity index (χ1) is 10.5. The van der Waals surface area contributed by atoms with Gasteiger partial charge in [0.1, 0.15) is 6.04 Å². The van der Waals surface area contributed by atoms with E-state index < -0.39 is 6.04 Å². The van der Waals surface area contributed by atoms with Gasteiger partial charge in [-0.3, -0.25) is 9.59 Å². The van der Waals surface area contributed by atoms with Gasteiger partial charge in [-0.25, -0.2) is 0 Å². The number of nitrogens with zero attached hydrogens (tertiary/aromatic N) is 1. The first-order valence-corrected chi connectivity index (χ1v) is 7.76. The van der Waals surface area contributed by atoms with Gasteiger partial charge in [-0.2, -0.15) is 0 Å². The summed E-state index contributed by atoms with van der Waals surface area (Å²) in [5.41, 5.74) is 1.98. The zero-order valence-electron chi connectivity index (χ0n) is 13.2. The summed E-state index contributed by atoms with van der Waals surface area (Å²) in [5.74, 6) is -0.353. The Morgan fingerprint density at radius 3 is 2.73 bits per heavy atom. The van der Waals surface area contributed by atoms with Gasteiger partial charge >= 0.3 is 0 Å². The molecule has 118 valence electrons. The van der Waals surface area contributed by atoms with Gasteiger partial charge in [0.05, 0.1) is 18.1 Å². The highest BCUT2D eigenvalue weighted by Crippen LogP contribution is 2.30.